The molecule has 0 aliphatic carbocycles. The summed E-state index contributed by atoms with van der Waals surface area (Å²) in [6, 6.07) is 48.5. The van der Waals surface area contributed by atoms with E-state index < -0.39 is 0 Å². The molecule has 0 spiro atoms. The van der Waals surface area contributed by atoms with Crippen molar-refractivity contribution in [2.24, 2.45) is 0 Å². The largest absolute Gasteiger partial charge is 0.456 e. The minimum absolute atomic E-state index is 0.580. The summed E-state index contributed by atoms with van der Waals surface area (Å²) in [7, 11) is 0. The zero-order chi connectivity index (χ0) is 30.5. The van der Waals surface area contributed by atoms with Crippen molar-refractivity contribution < 1.29 is 8.83 Å². The van der Waals surface area contributed by atoms with Gasteiger partial charge < -0.3 is 8.83 Å². The molecule has 0 unspecified atom stereocenters. The quantitative estimate of drug-likeness (QED) is 0.198. The van der Waals surface area contributed by atoms with E-state index in [1.54, 1.807) is 0 Å². The van der Waals surface area contributed by atoms with E-state index >= 15 is 0 Å². The molecular weight excluding hydrogens is 568 g/mol. The molecule has 0 amide bonds. The SMILES string of the molecule is c1ccc(-c2ccc(-c3nc(-c4ccccc4)nc(-c4ccc5oc6cc7nc(-c8ccccc8)oc7cc6c5c4)n3)cc2)cc1. The molecule has 6 heteroatoms. The van der Waals surface area contributed by atoms with Gasteiger partial charge in [-0.15, -0.1) is 0 Å². The Morgan fingerprint density at radius 3 is 1.50 bits per heavy atom. The van der Waals surface area contributed by atoms with Gasteiger partial charge in [0.2, 0.25) is 5.89 Å². The van der Waals surface area contributed by atoms with Crippen molar-refractivity contribution in [3.05, 3.63) is 146 Å². The Bertz CT molecular complexity index is 2500. The van der Waals surface area contributed by atoms with E-state index in [-0.39, 0.29) is 0 Å². The average molecular weight is 593 g/mol. The fraction of sp³-hybridized carbons (Fsp3) is 0. The van der Waals surface area contributed by atoms with Crippen molar-refractivity contribution in [1.29, 1.82) is 0 Å². The lowest BCUT2D eigenvalue weighted by Gasteiger charge is -2.09. The first kappa shape index (κ1) is 26.0. The Hall–Kier alpha value is -6.40. The maximum Gasteiger partial charge on any atom is 0.227 e. The Morgan fingerprint density at radius 2 is 0.826 bits per heavy atom. The van der Waals surface area contributed by atoms with Crippen LogP contribution in [0.25, 0.3) is 89.8 Å². The van der Waals surface area contributed by atoms with Crippen molar-refractivity contribution >= 4 is 33.0 Å². The standard InChI is InChI=1S/C40H24N4O2/c1-4-10-25(11-5-1)26-16-18-28(19-17-26)38-42-37(27-12-6-2-7-13-27)43-39(44-38)30-20-21-34-31(22-30)32-23-36-33(24-35(32)45-34)41-40(46-36)29-14-8-3-9-15-29/h1-24H. The molecule has 0 fully saturated rings. The summed E-state index contributed by atoms with van der Waals surface area (Å²) < 4.78 is 12.4. The second-order valence-electron chi connectivity index (χ2n) is 11.1. The molecule has 0 saturated heterocycles. The van der Waals surface area contributed by atoms with Gasteiger partial charge in [0, 0.05) is 39.1 Å². The van der Waals surface area contributed by atoms with E-state index in [1.807, 2.05) is 103 Å². The van der Waals surface area contributed by atoms with Gasteiger partial charge in [-0.1, -0.05) is 103 Å². The number of benzene rings is 6. The number of hydrogen-bond acceptors (Lipinski definition) is 6. The van der Waals surface area contributed by atoms with E-state index in [4.69, 9.17) is 28.8 Å². The Balaban J connectivity index is 1.16. The Morgan fingerprint density at radius 1 is 0.326 bits per heavy atom. The van der Waals surface area contributed by atoms with Gasteiger partial charge >= 0.3 is 0 Å². The van der Waals surface area contributed by atoms with Crippen LogP contribution in [0, 0.1) is 0 Å². The van der Waals surface area contributed by atoms with Gasteiger partial charge in [-0.2, -0.15) is 0 Å². The minimum Gasteiger partial charge on any atom is -0.456 e. The third-order valence-corrected chi connectivity index (χ3v) is 8.18. The van der Waals surface area contributed by atoms with E-state index in [9.17, 15) is 0 Å². The minimum atomic E-state index is 0.580. The number of fused-ring (bicyclic) bond motifs is 4. The first-order chi connectivity index (χ1) is 22.7. The fourth-order valence-corrected chi connectivity index (χ4v) is 5.83. The number of nitrogens with zero attached hydrogens (tertiary/aromatic N) is 4. The summed E-state index contributed by atoms with van der Waals surface area (Å²) in [6.45, 7) is 0. The third kappa shape index (κ3) is 4.60. The number of rotatable bonds is 5. The number of oxazole rings is 1. The van der Waals surface area contributed by atoms with Gasteiger partial charge in [0.05, 0.1) is 0 Å². The molecule has 9 rings (SSSR count). The van der Waals surface area contributed by atoms with Gasteiger partial charge in [0.15, 0.2) is 23.1 Å². The highest BCUT2D eigenvalue weighted by atomic mass is 16.4. The van der Waals surface area contributed by atoms with Crippen LogP contribution >= 0.6 is 0 Å². The zero-order valence-electron chi connectivity index (χ0n) is 24.5. The van der Waals surface area contributed by atoms with E-state index in [0.29, 0.717) is 28.9 Å². The van der Waals surface area contributed by atoms with E-state index in [1.165, 1.54) is 0 Å². The maximum absolute atomic E-state index is 6.27. The van der Waals surface area contributed by atoms with Gasteiger partial charge in [0.25, 0.3) is 0 Å². The smallest absolute Gasteiger partial charge is 0.227 e. The molecule has 0 aliphatic heterocycles. The van der Waals surface area contributed by atoms with Crippen LogP contribution in [0.2, 0.25) is 0 Å². The topological polar surface area (TPSA) is 77.8 Å². The predicted molar refractivity (Wildman–Crippen MR) is 182 cm³/mol. The van der Waals surface area contributed by atoms with Crippen LogP contribution < -0.4 is 0 Å². The maximum atomic E-state index is 6.27. The molecule has 6 nitrogen and oxygen atoms in total. The molecule has 0 aliphatic rings. The van der Waals surface area contributed by atoms with Crippen LogP contribution in [0.5, 0.6) is 0 Å². The molecule has 9 aromatic rings. The highest BCUT2D eigenvalue weighted by Gasteiger charge is 2.17. The Kier molecular flexibility index (Phi) is 6.03. The summed E-state index contributed by atoms with van der Waals surface area (Å²) in [5, 5.41) is 1.89. The molecule has 0 N–H and O–H groups in total. The van der Waals surface area contributed by atoms with Gasteiger partial charge in [-0.3, -0.25) is 0 Å². The van der Waals surface area contributed by atoms with Gasteiger partial charge in [-0.05, 0) is 47.5 Å². The van der Waals surface area contributed by atoms with E-state index in [2.05, 4.69) is 42.5 Å². The third-order valence-electron chi connectivity index (χ3n) is 8.18. The Labute approximate surface area is 263 Å². The molecule has 46 heavy (non-hydrogen) atoms. The lowest BCUT2D eigenvalue weighted by molar-refractivity contribution is 0.620. The molecule has 216 valence electrons. The summed E-state index contributed by atoms with van der Waals surface area (Å²) in [6.07, 6.45) is 0. The average Bonchev–Trinajstić information content (AvgIpc) is 3.72. The summed E-state index contributed by atoms with van der Waals surface area (Å²) in [5.74, 6) is 2.38. The molecular formula is C40H24N4O2. The zero-order valence-corrected chi connectivity index (χ0v) is 24.5. The van der Waals surface area contributed by atoms with Crippen molar-refractivity contribution in [3.8, 4) is 56.7 Å². The fourth-order valence-electron chi connectivity index (χ4n) is 5.83. The van der Waals surface area contributed by atoms with Crippen LogP contribution in [0.15, 0.2) is 154 Å². The lowest BCUT2D eigenvalue weighted by atomic mass is 10.0. The molecule has 3 aromatic heterocycles. The molecule has 0 radical (unpaired) electrons. The van der Waals surface area contributed by atoms with Crippen molar-refractivity contribution in [2.45, 2.75) is 0 Å². The summed E-state index contributed by atoms with van der Waals surface area (Å²) in [5.41, 5.74) is 8.88. The molecule has 6 aromatic carbocycles. The highest BCUT2D eigenvalue weighted by molar-refractivity contribution is 6.09. The molecule has 0 bridgehead atoms. The number of aromatic nitrogens is 4. The van der Waals surface area contributed by atoms with Crippen molar-refractivity contribution in [2.75, 3.05) is 0 Å². The highest BCUT2D eigenvalue weighted by Crippen LogP contribution is 2.36. The number of furan rings is 1. The van der Waals surface area contributed by atoms with Gasteiger partial charge in [0.1, 0.15) is 16.7 Å². The molecule has 0 saturated carbocycles. The van der Waals surface area contributed by atoms with Crippen molar-refractivity contribution in [3.63, 3.8) is 0 Å². The van der Waals surface area contributed by atoms with Crippen molar-refractivity contribution in [1.82, 2.24) is 19.9 Å². The molecule has 0 atom stereocenters. The van der Waals surface area contributed by atoms with Crippen LogP contribution in [-0.2, 0) is 0 Å². The predicted octanol–water partition coefficient (Wildman–Crippen LogP) is 10.2. The second-order valence-corrected chi connectivity index (χ2v) is 11.1. The van der Waals surface area contributed by atoms with Crippen LogP contribution in [-0.4, -0.2) is 19.9 Å². The van der Waals surface area contributed by atoms with Gasteiger partial charge in [-0.25, -0.2) is 19.9 Å². The number of hydrogen-bond donors (Lipinski definition) is 0. The van der Waals surface area contributed by atoms with Crippen LogP contribution in [0.3, 0.4) is 0 Å². The monoisotopic (exact) mass is 592 g/mol. The first-order valence-corrected chi connectivity index (χ1v) is 15.1. The van der Waals surface area contributed by atoms with E-state index in [0.717, 1.165) is 60.8 Å². The van der Waals surface area contributed by atoms with Crippen LogP contribution in [0.1, 0.15) is 0 Å². The lowest BCUT2D eigenvalue weighted by Crippen LogP contribution is -2.00. The second kappa shape index (κ2) is 10.6. The first-order valence-electron chi connectivity index (χ1n) is 15.1. The normalized spacial score (nSPS) is 11.5. The summed E-state index contributed by atoms with van der Waals surface area (Å²) >= 11 is 0. The van der Waals surface area contributed by atoms with Crippen LogP contribution in [0.4, 0.5) is 0 Å². The summed E-state index contributed by atoms with van der Waals surface area (Å²) in [4.78, 5) is 19.5. The molecule has 3 heterocycles.